The number of nitriles is 1. The van der Waals surface area contributed by atoms with Crippen LogP contribution in [0.4, 0.5) is 5.69 Å². The standard InChI is InChI=1S/C10H13N3O2S/c1-3-12-16(14,15)13(2)10-6-4-9(8-11)5-7-10/h4-7,12H,3H2,1-2H3. The number of benzene rings is 1. The first-order valence-corrected chi connectivity index (χ1v) is 6.19. The van der Waals surface area contributed by atoms with Gasteiger partial charge in [0, 0.05) is 13.6 Å². The molecule has 0 radical (unpaired) electrons. The van der Waals surface area contributed by atoms with Gasteiger partial charge in [-0.15, -0.1) is 0 Å². The summed E-state index contributed by atoms with van der Waals surface area (Å²) in [6, 6.07) is 8.31. The fourth-order valence-corrected chi connectivity index (χ4v) is 2.12. The van der Waals surface area contributed by atoms with E-state index < -0.39 is 10.2 Å². The molecule has 0 amide bonds. The second-order valence-electron chi connectivity index (χ2n) is 3.13. The van der Waals surface area contributed by atoms with Gasteiger partial charge >= 0.3 is 10.2 Å². The minimum Gasteiger partial charge on any atom is -0.261 e. The summed E-state index contributed by atoms with van der Waals surface area (Å²) in [6.07, 6.45) is 0. The summed E-state index contributed by atoms with van der Waals surface area (Å²) in [5.41, 5.74) is 1.01. The van der Waals surface area contributed by atoms with E-state index >= 15 is 0 Å². The Kier molecular flexibility index (Phi) is 3.88. The molecule has 5 nitrogen and oxygen atoms in total. The van der Waals surface area contributed by atoms with Crippen LogP contribution in [0.15, 0.2) is 24.3 Å². The molecular weight excluding hydrogens is 226 g/mol. The summed E-state index contributed by atoms with van der Waals surface area (Å²) in [5, 5.41) is 8.62. The Hall–Kier alpha value is -1.58. The number of anilines is 1. The summed E-state index contributed by atoms with van der Waals surface area (Å²) in [6.45, 7) is 2.05. The lowest BCUT2D eigenvalue weighted by Gasteiger charge is -2.19. The summed E-state index contributed by atoms with van der Waals surface area (Å²) >= 11 is 0. The highest BCUT2D eigenvalue weighted by Crippen LogP contribution is 2.15. The SMILES string of the molecule is CCNS(=O)(=O)N(C)c1ccc(C#N)cc1. The third-order valence-corrected chi connectivity index (χ3v) is 3.63. The molecule has 16 heavy (non-hydrogen) atoms. The van der Waals surface area contributed by atoms with Gasteiger partial charge in [0.1, 0.15) is 0 Å². The van der Waals surface area contributed by atoms with E-state index in [-0.39, 0.29) is 0 Å². The number of hydrogen-bond acceptors (Lipinski definition) is 3. The second kappa shape index (κ2) is 4.96. The zero-order valence-electron chi connectivity index (χ0n) is 9.14. The van der Waals surface area contributed by atoms with Gasteiger partial charge in [0.15, 0.2) is 0 Å². The average Bonchev–Trinajstić information content (AvgIpc) is 2.28. The lowest BCUT2D eigenvalue weighted by Crippen LogP contribution is -2.38. The van der Waals surface area contributed by atoms with Crippen molar-refractivity contribution in [3.63, 3.8) is 0 Å². The zero-order chi connectivity index (χ0) is 12.2. The highest BCUT2D eigenvalue weighted by Gasteiger charge is 2.16. The average molecular weight is 239 g/mol. The van der Waals surface area contributed by atoms with Gasteiger partial charge < -0.3 is 0 Å². The molecular formula is C10H13N3O2S. The summed E-state index contributed by atoms with van der Waals surface area (Å²) in [4.78, 5) is 0. The van der Waals surface area contributed by atoms with Crippen molar-refractivity contribution in [2.24, 2.45) is 0 Å². The Labute approximate surface area is 95.5 Å². The van der Waals surface area contributed by atoms with Gasteiger partial charge in [0.25, 0.3) is 0 Å². The third-order valence-electron chi connectivity index (χ3n) is 2.05. The summed E-state index contributed by atoms with van der Waals surface area (Å²) < 4.78 is 26.8. The molecule has 0 heterocycles. The topological polar surface area (TPSA) is 73.2 Å². The van der Waals surface area contributed by atoms with Gasteiger partial charge in [-0.3, -0.25) is 4.31 Å². The molecule has 0 aliphatic rings. The first-order valence-electron chi connectivity index (χ1n) is 4.75. The van der Waals surface area contributed by atoms with Gasteiger partial charge in [-0.05, 0) is 24.3 Å². The molecule has 0 atom stereocenters. The molecule has 0 saturated heterocycles. The van der Waals surface area contributed by atoms with E-state index in [2.05, 4.69) is 4.72 Å². The molecule has 86 valence electrons. The van der Waals surface area contributed by atoms with Crippen molar-refractivity contribution in [1.82, 2.24) is 4.72 Å². The van der Waals surface area contributed by atoms with Gasteiger partial charge in [-0.2, -0.15) is 18.4 Å². The first-order chi connectivity index (χ1) is 7.51. The number of nitrogens with zero attached hydrogens (tertiary/aromatic N) is 2. The quantitative estimate of drug-likeness (QED) is 0.846. The van der Waals surface area contributed by atoms with E-state index in [0.29, 0.717) is 17.8 Å². The Morgan fingerprint density at radius 2 is 1.94 bits per heavy atom. The molecule has 1 aromatic carbocycles. The normalized spacial score (nSPS) is 10.8. The van der Waals surface area contributed by atoms with Crippen molar-refractivity contribution in [3.8, 4) is 6.07 Å². The lowest BCUT2D eigenvalue weighted by molar-refractivity contribution is 0.582. The fourth-order valence-electron chi connectivity index (χ4n) is 1.16. The van der Waals surface area contributed by atoms with Crippen molar-refractivity contribution in [1.29, 1.82) is 5.26 Å². The van der Waals surface area contributed by atoms with Gasteiger partial charge in [0.05, 0.1) is 17.3 Å². The number of rotatable bonds is 4. The van der Waals surface area contributed by atoms with Crippen LogP contribution in [0.3, 0.4) is 0 Å². The molecule has 0 aliphatic heterocycles. The Morgan fingerprint density at radius 3 is 2.38 bits per heavy atom. The van der Waals surface area contributed by atoms with Crippen molar-refractivity contribution >= 4 is 15.9 Å². The molecule has 1 N–H and O–H groups in total. The molecule has 6 heteroatoms. The van der Waals surface area contributed by atoms with E-state index in [1.165, 1.54) is 7.05 Å². The van der Waals surface area contributed by atoms with Gasteiger partial charge in [-0.1, -0.05) is 6.92 Å². The highest BCUT2D eigenvalue weighted by atomic mass is 32.2. The van der Waals surface area contributed by atoms with Crippen LogP contribution in [0.1, 0.15) is 12.5 Å². The Bertz CT molecular complexity index is 488. The molecule has 0 bridgehead atoms. The van der Waals surface area contributed by atoms with Crippen LogP contribution in [0.5, 0.6) is 0 Å². The molecule has 0 aromatic heterocycles. The molecule has 0 fully saturated rings. The maximum atomic E-state index is 11.6. The highest BCUT2D eigenvalue weighted by molar-refractivity contribution is 7.90. The number of hydrogen-bond donors (Lipinski definition) is 1. The van der Waals surface area contributed by atoms with Crippen LogP contribution in [0, 0.1) is 11.3 Å². The molecule has 1 rings (SSSR count). The summed E-state index contributed by atoms with van der Waals surface area (Å²) in [5.74, 6) is 0. The number of nitrogens with one attached hydrogen (secondary N) is 1. The first kappa shape index (κ1) is 12.5. The van der Waals surface area contributed by atoms with Crippen LogP contribution in [-0.2, 0) is 10.2 Å². The third kappa shape index (κ3) is 2.72. The van der Waals surface area contributed by atoms with Crippen LogP contribution in [0.25, 0.3) is 0 Å². The molecule has 0 spiro atoms. The smallest absolute Gasteiger partial charge is 0.261 e. The van der Waals surface area contributed by atoms with E-state index in [1.807, 2.05) is 6.07 Å². The van der Waals surface area contributed by atoms with Crippen LogP contribution >= 0.6 is 0 Å². The van der Waals surface area contributed by atoms with Crippen molar-refractivity contribution < 1.29 is 8.42 Å². The molecule has 1 aromatic rings. The largest absolute Gasteiger partial charge is 0.301 e. The Balaban J connectivity index is 2.97. The van der Waals surface area contributed by atoms with Crippen molar-refractivity contribution in [2.45, 2.75) is 6.92 Å². The second-order valence-corrected chi connectivity index (χ2v) is 4.92. The maximum absolute atomic E-state index is 11.6. The van der Waals surface area contributed by atoms with Crippen LogP contribution in [0.2, 0.25) is 0 Å². The molecule has 0 aliphatic carbocycles. The van der Waals surface area contributed by atoms with Gasteiger partial charge in [-0.25, -0.2) is 0 Å². The van der Waals surface area contributed by atoms with Gasteiger partial charge in [0.2, 0.25) is 0 Å². The van der Waals surface area contributed by atoms with E-state index in [9.17, 15) is 8.42 Å². The predicted molar refractivity (Wildman–Crippen MR) is 62.2 cm³/mol. The Morgan fingerprint density at radius 1 is 1.38 bits per heavy atom. The minimum atomic E-state index is -3.48. The molecule has 0 unspecified atom stereocenters. The van der Waals surface area contributed by atoms with Crippen LogP contribution in [-0.4, -0.2) is 22.0 Å². The lowest BCUT2D eigenvalue weighted by atomic mass is 10.2. The summed E-state index contributed by atoms with van der Waals surface area (Å²) in [7, 11) is -2.02. The molecule has 0 saturated carbocycles. The van der Waals surface area contributed by atoms with Crippen molar-refractivity contribution in [2.75, 3.05) is 17.9 Å². The van der Waals surface area contributed by atoms with E-state index in [0.717, 1.165) is 4.31 Å². The van der Waals surface area contributed by atoms with E-state index in [4.69, 9.17) is 5.26 Å². The fraction of sp³-hybridized carbons (Fsp3) is 0.300. The zero-order valence-corrected chi connectivity index (χ0v) is 9.95. The predicted octanol–water partition coefficient (Wildman–Crippen LogP) is 0.849. The maximum Gasteiger partial charge on any atom is 0.301 e. The van der Waals surface area contributed by atoms with E-state index in [1.54, 1.807) is 31.2 Å². The van der Waals surface area contributed by atoms with Crippen LogP contribution < -0.4 is 9.03 Å². The minimum absolute atomic E-state index is 0.336. The van der Waals surface area contributed by atoms with Crippen molar-refractivity contribution in [3.05, 3.63) is 29.8 Å². The monoisotopic (exact) mass is 239 g/mol.